The normalized spacial score (nSPS) is 10.8. The SMILES string of the molecule is Cc1ccc(C(=O)NCc2nc3ccccc3[nH]2)cc1NC(=O)c1ccco1. The zero-order chi connectivity index (χ0) is 19.5. The number of imidazole rings is 1. The number of amides is 2. The highest BCUT2D eigenvalue weighted by molar-refractivity contribution is 6.03. The Hall–Kier alpha value is -3.87. The van der Waals surface area contributed by atoms with Gasteiger partial charge in [-0.2, -0.15) is 0 Å². The van der Waals surface area contributed by atoms with Crippen molar-refractivity contribution in [2.45, 2.75) is 13.5 Å². The Labute approximate surface area is 160 Å². The van der Waals surface area contributed by atoms with Crippen LogP contribution < -0.4 is 10.6 Å². The van der Waals surface area contributed by atoms with Gasteiger partial charge in [0.1, 0.15) is 5.82 Å². The largest absolute Gasteiger partial charge is 0.459 e. The van der Waals surface area contributed by atoms with Gasteiger partial charge in [0, 0.05) is 11.3 Å². The monoisotopic (exact) mass is 374 g/mol. The number of aromatic amines is 1. The summed E-state index contributed by atoms with van der Waals surface area (Å²) in [7, 11) is 0. The third kappa shape index (κ3) is 3.64. The lowest BCUT2D eigenvalue weighted by Gasteiger charge is -2.10. The number of hydrogen-bond donors (Lipinski definition) is 3. The first-order valence-electron chi connectivity index (χ1n) is 8.77. The summed E-state index contributed by atoms with van der Waals surface area (Å²) in [5, 5.41) is 5.61. The van der Waals surface area contributed by atoms with Crippen molar-refractivity contribution in [3.8, 4) is 0 Å². The van der Waals surface area contributed by atoms with Crippen LogP contribution in [0.2, 0.25) is 0 Å². The highest BCUT2D eigenvalue weighted by Crippen LogP contribution is 2.18. The maximum absolute atomic E-state index is 12.5. The molecule has 0 bridgehead atoms. The Morgan fingerprint density at radius 2 is 1.93 bits per heavy atom. The molecule has 0 saturated heterocycles. The maximum atomic E-state index is 12.5. The van der Waals surface area contributed by atoms with E-state index in [1.807, 2.05) is 31.2 Å². The van der Waals surface area contributed by atoms with Crippen LogP contribution in [0.5, 0.6) is 0 Å². The fourth-order valence-electron chi connectivity index (χ4n) is 2.85. The molecule has 4 aromatic rings. The summed E-state index contributed by atoms with van der Waals surface area (Å²) >= 11 is 0. The lowest BCUT2D eigenvalue weighted by molar-refractivity contribution is 0.0948. The molecule has 0 spiro atoms. The Kier molecular flexibility index (Phi) is 4.63. The molecule has 0 aliphatic rings. The minimum atomic E-state index is -0.368. The molecule has 28 heavy (non-hydrogen) atoms. The third-order valence-electron chi connectivity index (χ3n) is 4.35. The number of rotatable bonds is 5. The molecule has 7 nitrogen and oxygen atoms in total. The predicted octanol–water partition coefficient (Wildman–Crippen LogP) is 3.65. The molecule has 2 aromatic carbocycles. The Morgan fingerprint density at radius 3 is 2.71 bits per heavy atom. The number of benzene rings is 2. The molecule has 2 heterocycles. The molecule has 0 aliphatic carbocycles. The standard InChI is InChI=1S/C21H18N4O3/c1-13-8-9-14(11-17(13)25-21(27)18-7-4-10-28-18)20(26)22-12-19-23-15-5-2-3-6-16(15)24-19/h2-11H,12H2,1H3,(H,22,26)(H,23,24)(H,25,27). The lowest BCUT2D eigenvalue weighted by atomic mass is 10.1. The van der Waals surface area contributed by atoms with Gasteiger partial charge in [0.05, 0.1) is 23.8 Å². The van der Waals surface area contributed by atoms with E-state index in [4.69, 9.17) is 4.42 Å². The van der Waals surface area contributed by atoms with E-state index < -0.39 is 0 Å². The number of furan rings is 1. The van der Waals surface area contributed by atoms with Gasteiger partial charge in [-0.15, -0.1) is 0 Å². The molecular weight excluding hydrogens is 356 g/mol. The van der Waals surface area contributed by atoms with Gasteiger partial charge >= 0.3 is 0 Å². The molecule has 140 valence electrons. The van der Waals surface area contributed by atoms with Crippen LogP contribution in [0.1, 0.15) is 32.3 Å². The second-order valence-corrected chi connectivity index (χ2v) is 6.34. The van der Waals surface area contributed by atoms with Crippen molar-refractivity contribution in [2.24, 2.45) is 0 Å². The van der Waals surface area contributed by atoms with E-state index in [0.29, 0.717) is 17.1 Å². The highest BCUT2D eigenvalue weighted by Gasteiger charge is 2.13. The Morgan fingerprint density at radius 1 is 1.07 bits per heavy atom. The molecule has 0 atom stereocenters. The Bertz CT molecular complexity index is 1110. The van der Waals surface area contributed by atoms with E-state index in [9.17, 15) is 9.59 Å². The minimum absolute atomic E-state index is 0.208. The van der Waals surface area contributed by atoms with Gasteiger partial charge in [-0.05, 0) is 48.9 Å². The second-order valence-electron chi connectivity index (χ2n) is 6.34. The molecule has 0 saturated carbocycles. The van der Waals surface area contributed by atoms with Crippen LogP contribution >= 0.6 is 0 Å². The van der Waals surface area contributed by atoms with Gasteiger partial charge in [0.25, 0.3) is 11.8 Å². The molecular formula is C21H18N4O3. The average molecular weight is 374 g/mol. The molecule has 2 amide bonds. The predicted molar refractivity (Wildman–Crippen MR) is 105 cm³/mol. The summed E-state index contributed by atoms with van der Waals surface area (Å²) in [6.07, 6.45) is 1.43. The molecule has 4 rings (SSSR count). The van der Waals surface area contributed by atoms with Crippen molar-refractivity contribution in [2.75, 3.05) is 5.32 Å². The van der Waals surface area contributed by atoms with Crippen LogP contribution in [-0.2, 0) is 6.54 Å². The van der Waals surface area contributed by atoms with Crippen molar-refractivity contribution >= 4 is 28.5 Å². The number of H-pyrrole nitrogens is 1. The first kappa shape index (κ1) is 17.5. The molecule has 2 aromatic heterocycles. The van der Waals surface area contributed by atoms with E-state index >= 15 is 0 Å². The number of hydrogen-bond acceptors (Lipinski definition) is 4. The number of fused-ring (bicyclic) bond motifs is 1. The topological polar surface area (TPSA) is 100 Å². The van der Waals surface area contributed by atoms with Crippen molar-refractivity contribution in [3.63, 3.8) is 0 Å². The van der Waals surface area contributed by atoms with E-state index in [-0.39, 0.29) is 24.1 Å². The van der Waals surface area contributed by atoms with Crippen molar-refractivity contribution in [1.29, 1.82) is 0 Å². The number of carbonyl (C=O) groups excluding carboxylic acids is 2. The smallest absolute Gasteiger partial charge is 0.291 e. The molecule has 3 N–H and O–H groups in total. The minimum Gasteiger partial charge on any atom is -0.459 e. The van der Waals surface area contributed by atoms with Gasteiger partial charge < -0.3 is 20.0 Å². The quantitative estimate of drug-likeness (QED) is 0.496. The zero-order valence-corrected chi connectivity index (χ0v) is 15.2. The number of para-hydroxylation sites is 2. The summed E-state index contributed by atoms with van der Waals surface area (Å²) < 4.78 is 5.10. The van der Waals surface area contributed by atoms with Gasteiger partial charge in [-0.1, -0.05) is 18.2 Å². The number of aromatic nitrogens is 2. The fraction of sp³-hybridized carbons (Fsp3) is 0.0952. The van der Waals surface area contributed by atoms with Crippen molar-refractivity contribution < 1.29 is 14.0 Å². The summed E-state index contributed by atoms with van der Waals surface area (Å²) in [6.45, 7) is 2.13. The summed E-state index contributed by atoms with van der Waals surface area (Å²) in [5.74, 6) is 0.258. The Balaban J connectivity index is 1.45. The van der Waals surface area contributed by atoms with Gasteiger partial charge in [-0.3, -0.25) is 9.59 Å². The third-order valence-corrected chi connectivity index (χ3v) is 4.35. The molecule has 0 unspecified atom stereocenters. The summed E-state index contributed by atoms with van der Waals surface area (Å²) in [6, 6.07) is 16.0. The fourth-order valence-corrected chi connectivity index (χ4v) is 2.85. The van der Waals surface area contributed by atoms with Crippen LogP contribution in [0, 0.1) is 6.92 Å². The zero-order valence-electron chi connectivity index (χ0n) is 15.2. The average Bonchev–Trinajstić information content (AvgIpc) is 3.37. The van der Waals surface area contributed by atoms with Crippen LogP contribution in [0.25, 0.3) is 11.0 Å². The van der Waals surface area contributed by atoms with Crippen molar-refractivity contribution in [3.05, 3.63) is 83.6 Å². The van der Waals surface area contributed by atoms with Crippen LogP contribution in [0.4, 0.5) is 5.69 Å². The molecule has 7 heteroatoms. The molecule has 0 fully saturated rings. The molecule has 0 radical (unpaired) electrons. The van der Waals surface area contributed by atoms with Gasteiger partial charge in [0.15, 0.2) is 5.76 Å². The van der Waals surface area contributed by atoms with Gasteiger partial charge in [-0.25, -0.2) is 4.98 Å². The molecule has 0 aliphatic heterocycles. The highest BCUT2D eigenvalue weighted by atomic mass is 16.3. The number of anilines is 1. The summed E-state index contributed by atoms with van der Waals surface area (Å²) in [4.78, 5) is 32.3. The van der Waals surface area contributed by atoms with E-state index in [0.717, 1.165) is 16.6 Å². The first-order valence-corrected chi connectivity index (χ1v) is 8.77. The number of nitrogens with zero attached hydrogens (tertiary/aromatic N) is 1. The first-order chi connectivity index (χ1) is 13.6. The van der Waals surface area contributed by atoms with Crippen LogP contribution in [0.3, 0.4) is 0 Å². The number of nitrogens with one attached hydrogen (secondary N) is 3. The van der Waals surface area contributed by atoms with E-state index in [1.54, 1.807) is 30.3 Å². The summed E-state index contributed by atoms with van der Waals surface area (Å²) in [5.41, 5.74) is 3.61. The van der Waals surface area contributed by atoms with E-state index in [2.05, 4.69) is 20.6 Å². The lowest BCUT2D eigenvalue weighted by Crippen LogP contribution is -2.23. The van der Waals surface area contributed by atoms with E-state index in [1.165, 1.54) is 6.26 Å². The van der Waals surface area contributed by atoms with Crippen LogP contribution in [0.15, 0.2) is 65.3 Å². The number of aryl methyl sites for hydroxylation is 1. The van der Waals surface area contributed by atoms with Crippen molar-refractivity contribution in [1.82, 2.24) is 15.3 Å². The maximum Gasteiger partial charge on any atom is 0.291 e. The van der Waals surface area contributed by atoms with Gasteiger partial charge in [0.2, 0.25) is 0 Å². The second kappa shape index (κ2) is 7.40. The number of carbonyl (C=O) groups is 2. The van der Waals surface area contributed by atoms with Crippen LogP contribution in [-0.4, -0.2) is 21.8 Å².